The van der Waals surface area contributed by atoms with Crippen LogP contribution in [0.25, 0.3) is 0 Å². The van der Waals surface area contributed by atoms with Gasteiger partial charge in [-0.25, -0.2) is 0 Å². The number of aliphatic hydroxyl groups is 1. The third-order valence-corrected chi connectivity index (χ3v) is 3.87. The highest BCUT2D eigenvalue weighted by Crippen LogP contribution is 2.18. The van der Waals surface area contributed by atoms with Crippen molar-refractivity contribution in [2.45, 2.75) is 50.7 Å². The lowest BCUT2D eigenvalue weighted by molar-refractivity contribution is -0.122. The molecule has 0 spiro atoms. The first kappa shape index (κ1) is 14.4. The van der Waals surface area contributed by atoms with Gasteiger partial charge in [0.1, 0.15) is 0 Å². The molecular formula is C15H20ClNO2. The average molecular weight is 282 g/mol. The quantitative estimate of drug-likeness (QED) is 0.891. The molecule has 1 aliphatic rings. The molecule has 1 amide bonds. The Morgan fingerprint density at radius 1 is 1.21 bits per heavy atom. The highest BCUT2D eigenvalue weighted by atomic mass is 35.5. The number of nitrogens with one attached hydrogen (secondary N) is 1. The minimum Gasteiger partial charge on any atom is -0.393 e. The molecule has 1 saturated carbocycles. The molecule has 1 aromatic rings. The van der Waals surface area contributed by atoms with Gasteiger partial charge in [0.25, 0.3) is 0 Å². The van der Waals surface area contributed by atoms with Gasteiger partial charge >= 0.3 is 0 Å². The van der Waals surface area contributed by atoms with Gasteiger partial charge in [-0.3, -0.25) is 4.79 Å². The van der Waals surface area contributed by atoms with Crippen LogP contribution in [0.3, 0.4) is 0 Å². The van der Waals surface area contributed by atoms with Crippen molar-refractivity contribution in [2.75, 3.05) is 0 Å². The number of carbonyl (C=O) groups excluding carboxylic acids is 1. The predicted molar refractivity (Wildman–Crippen MR) is 76.2 cm³/mol. The number of hydrogen-bond acceptors (Lipinski definition) is 2. The van der Waals surface area contributed by atoms with E-state index in [0.29, 0.717) is 11.4 Å². The van der Waals surface area contributed by atoms with Gasteiger partial charge in [-0.05, 0) is 49.8 Å². The molecule has 2 N–H and O–H groups in total. The summed E-state index contributed by atoms with van der Waals surface area (Å²) in [5.41, 5.74) is 1.12. The van der Waals surface area contributed by atoms with Crippen LogP contribution in [0.1, 0.15) is 37.7 Å². The maximum absolute atomic E-state index is 11.8. The third-order valence-electron chi connectivity index (χ3n) is 3.62. The smallest absolute Gasteiger partial charge is 0.220 e. The Labute approximate surface area is 119 Å². The number of halogens is 1. The first-order valence-corrected chi connectivity index (χ1v) is 7.23. The van der Waals surface area contributed by atoms with Crippen LogP contribution in [0.15, 0.2) is 24.3 Å². The van der Waals surface area contributed by atoms with Crippen molar-refractivity contribution in [3.63, 3.8) is 0 Å². The molecule has 0 aromatic heterocycles. The monoisotopic (exact) mass is 281 g/mol. The Hall–Kier alpha value is -1.06. The van der Waals surface area contributed by atoms with Crippen molar-refractivity contribution in [1.82, 2.24) is 5.32 Å². The van der Waals surface area contributed by atoms with Crippen LogP contribution < -0.4 is 5.32 Å². The molecule has 0 bridgehead atoms. The topological polar surface area (TPSA) is 49.3 Å². The fourth-order valence-electron chi connectivity index (χ4n) is 2.43. The van der Waals surface area contributed by atoms with Gasteiger partial charge in [0.2, 0.25) is 5.91 Å². The number of hydrogen-bond donors (Lipinski definition) is 2. The molecule has 1 aromatic carbocycles. The summed E-state index contributed by atoms with van der Waals surface area (Å²) in [4.78, 5) is 11.8. The van der Waals surface area contributed by atoms with Crippen molar-refractivity contribution in [2.24, 2.45) is 0 Å². The Bertz CT molecular complexity index is 411. The van der Waals surface area contributed by atoms with E-state index >= 15 is 0 Å². The van der Waals surface area contributed by atoms with Crippen LogP contribution in [0.5, 0.6) is 0 Å². The van der Waals surface area contributed by atoms with Gasteiger partial charge in [0.15, 0.2) is 0 Å². The molecule has 1 aliphatic carbocycles. The maximum atomic E-state index is 11.8. The van der Waals surface area contributed by atoms with Crippen molar-refractivity contribution in [3.05, 3.63) is 34.9 Å². The van der Waals surface area contributed by atoms with E-state index in [4.69, 9.17) is 11.6 Å². The van der Waals surface area contributed by atoms with Crippen LogP contribution in [0.2, 0.25) is 5.02 Å². The van der Waals surface area contributed by atoms with Gasteiger partial charge in [-0.2, -0.15) is 0 Å². The largest absolute Gasteiger partial charge is 0.393 e. The Morgan fingerprint density at radius 2 is 1.84 bits per heavy atom. The molecule has 3 nitrogen and oxygen atoms in total. The van der Waals surface area contributed by atoms with E-state index in [1.54, 1.807) is 0 Å². The van der Waals surface area contributed by atoms with E-state index in [1.165, 1.54) is 0 Å². The normalized spacial score (nSPS) is 23.1. The van der Waals surface area contributed by atoms with Crippen LogP contribution in [0.4, 0.5) is 0 Å². The molecule has 104 valence electrons. The van der Waals surface area contributed by atoms with Crippen molar-refractivity contribution in [3.8, 4) is 0 Å². The first-order valence-electron chi connectivity index (χ1n) is 6.85. The van der Waals surface area contributed by atoms with E-state index in [1.807, 2.05) is 24.3 Å². The summed E-state index contributed by atoms with van der Waals surface area (Å²) in [5.74, 6) is 0.0938. The first-order chi connectivity index (χ1) is 9.13. The summed E-state index contributed by atoms with van der Waals surface area (Å²) >= 11 is 5.82. The van der Waals surface area contributed by atoms with E-state index in [-0.39, 0.29) is 18.1 Å². The van der Waals surface area contributed by atoms with Gasteiger partial charge in [-0.1, -0.05) is 23.7 Å². The van der Waals surface area contributed by atoms with E-state index in [0.717, 1.165) is 37.7 Å². The zero-order valence-corrected chi connectivity index (χ0v) is 11.7. The zero-order chi connectivity index (χ0) is 13.7. The second-order valence-corrected chi connectivity index (χ2v) is 5.64. The Kier molecular flexibility index (Phi) is 5.23. The Morgan fingerprint density at radius 3 is 2.47 bits per heavy atom. The third kappa shape index (κ3) is 4.84. The summed E-state index contributed by atoms with van der Waals surface area (Å²) in [5, 5.41) is 13.2. The summed E-state index contributed by atoms with van der Waals surface area (Å²) < 4.78 is 0. The lowest BCUT2D eigenvalue weighted by atomic mass is 9.93. The SMILES string of the molecule is O=C(CCc1ccc(Cl)cc1)NC1CCC(O)CC1. The zero-order valence-electron chi connectivity index (χ0n) is 10.9. The molecule has 0 saturated heterocycles. The number of rotatable bonds is 4. The molecule has 0 aliphatic heterocycles. The van der Waals surface area contributed by atoms with Gasteiger partial charge in [0.05, 0.1) is 6.10 Å². The minimum atomic E-state index is -0.179. The second-order valence-electron chi connectivity index (χ2n) is 5.20. The lowest BCUT2D eigenvalue weighted by Crippen LogP contribution is -2.38. The molecule has 0 unspecified atom stereocenters. The van der Waals surface area contributed by atoms with Crippen molar-refractivity contribution in [1.29, 1.82) is 0 Å². The van der Waals surface area contributed by atoms with Gasteiger partial charge < -0.3 is 10.4 Å². The van der Waals surface area contributed by atoms with Gasteiger partial charge in [0, 0.05) is 17.5 Å². The van der Waals surface area contributed by atoms with Crippen molar-refractivity contribution >= 4 is 17.5 Å². The number of amides is 1. The van der Waals surface area contributed by atoms with Crippen LogP contribution in [-0.4, -0.2) is 23.2 Å². The van der Waals surface area contributed by atoms with Crippen LogP contribution in [-0.2, 0) is 11.2 Å². The van der Waals surface area contributed by atoms with Gasteiger partial charge in [-0.15, -0.1) is 0 Å². The highest BCUT2D eigenvalue weighted by Gasteiger charge is 2.20. The van der Waals surface area contributed by atoms with E-state index < -0.39 is 0 Å². The minimum absolute atomic E-state index is 0.0938. The number of aliphatic hydroxyl groups excluding tert-OH is 1. The number of benzene rings is 1. The molecule has 19 heavy (non-hydrogen) atoms. The molecule has 0 radical (unpaired) electrons. The van der Waals surface area contributed by atoms with E-state index in [9.17, 15) is 9.90 Å². The summed E-state index contributed by atoms with van der Waals surface area (Å²) in [6.45, 7) is 0. The van der Waals surface area contributed by atoms with Crippen LogP contribution in [0, 0.1) is 0 Å². The molecule has 1 fully saturated rings. The van der Waals surface area contributed by atoms with E-state index in [2.05, 4.69) is 5.32 Å². The van der Waals surface area contributed by atoms with Crippen LogP contribution >= 0.6 is 11.6 Å². The molecule has 0 atom stereocenters. The number of aryl methyl sites for hydroxylation is 1. The fourth-order valence-corrected chi connectivity index (χ4v) is 2.55. The summed E-state index contributed by atoms with van der Waals surface area (Å²) in [6.07, 6.45) is 4.41. The van der Waals surface area contributed by atoms with Crippen molar-refractivity contribution < 1.29 is 9.90 Å². The maximum Gasteiger partial charge on any atom is 0.220 e. The standard InChI is InChI=1S/C15H20ClNO2/c16-12-4-1-11(2-5-12)3-10-15(19)17-13-6-8-14(18)9-7-13/h1-2,4-5,13-14,18H,3,6-10H2,(H,17,19). The molecule has 0 heterocycles. The molecule has 4 heteroatoms. The summed E-state index contributed by atoms with van der Waals surface area (Å²) in [6, 6.07) is 7.83. The average Bonchev–Trinajstić information content (AvgIpc) is 2.41. The summed E-state index contributed by atoms with van der Waals surface area (Å²) in [7, 11) is 0. The fraction of sp³-hybridized carbons (Fsp3) is 0.533. The molecular weight excluding hydrogens is 262 g/mol. The molecule has 2 rings (SSSR count). The predicted octanol–water partition coefficient (Wildman–Crippen LogP) is 2.69. The Balaban J connectivity index is 1.71. The lowest BCUT2D eigenvalue weighted by Gasteiger charge is -2.26. The highest BCUT2D eigenvalue weighted by molar-refractivity contribution is 6.30. The number of carbonyl (C=O) groups is 1. The second kappa shape index (κ2) is 6.92.